The number of amides is 1. The summed E-state index contributed by atoms with van der Waals surface area (Å²) < 4.78 is 17.6. The Morgan fingerprint density at radius 3 is 1.38 bits per heavy atom. The van der Waals surface area contributed by atoms with Gasteiger partial charge in [0.2, 0.25) is 5.91 Å². The standard InChI is InChI=1S/C68H119NO10/c1-4-7-10-13-16-19-22-25-27-29-31-33-35-38-41-44-47-50-53-56-63(73)79-66-65(75)64(74)62(57-70)78-68(66)77-58-59(60(71)54-51-48-45-42-39-36-24-21-18-15-12-9-6-3)69-67(76)61(72)55-52-49-46-43-40-37-34-32-30-28-26-23-20-17-14-11-8-5-2/h8,11,17,20,25-28,32,34,40,43,51,54,59-62,64-66,68,70-72,74-75H,4-7,9-10,12-16,18-19,21-24,29-31,33,35-39,41-42,44-50,52-53,55-58H2,1-3H3,(H,69,76)/b11-8-,20-17-,27-25+,28-26-,34-32-,43-40-,54-51+. The van der Waals surface area contributed by atoms with Crippen molar-refractivity contribution in [1.29, 1.82) is 0 Å². The van der Waals surface area contributed by atoms with Gasteiger partial charge in [0.25, 0.3) is 0 Å². The number of hydrogen-bond donors (Lipinski definition) is 6. The molecular formula is C68H119NO10. The Labute approximate surface area is 483 Å². The van der Waals surface area contributed by atoms with E-state index >= 15 is 0 Å². The maximum Gasteiger partial charge on any atom is 0.306 e. The van der Waals surface area contributed by atoms with E-state index in [0.29, 0.717) is 12.8 Å². The molecule has 0 aliphatic carbocycles. The highest BCUT2D eigenvalue weighted by molar-refractivity contribution is 5.80. The zero-order valence-electron chi connectivity index (χ0n) is 50.5. The quantitative estimate of drug-likeness (QED) is 0.0195. The van der Waals surface area contributed by atoms with Crippen molar-refractivity contribution >= 4 is 11.9 Å². The molecule has 1 aliphatic rings. The fraction of sp³-hybridized carbons (Fsp3) is 0.765. The van der Waals surface area contributed by atoms with Crippen molar-refractivity contribution in [3.8, 4) is 0 Å². The summed E-state index contributed by atoms with van der Waals surface area (Å²) in [7, 11) is 0. The van der Waals surface area contributed by atoms with Crippen LogP contribution in [0.25, 0.3) is 0 Å². The summed E-state index contributed by atoms with van der Waals surface area (Å²) >= 11 is 0. The van der Waals surface area contributed by atoms with E-state index in [2.05, 4.69) is 99.0 Å². The molecule has 1 saturated heterocycles. The van der Waals surface area contributed by atoms with Gasteiger partial charge in [-0.15, -0.1) is 0 Å². The number of rotatable bonds is 54. The van der Waals surface area contributed by atoms with Gasteiger partial charge in [-0.25, -0.2) is 0 Å². The van der Waals surface area contributed by atoms with Crippen LogP contribution in [0.5, 0.6) is 0 Å². The molecular weight excluding hydrogens is 991 g/mol. The average Bonchev–Trinajstić information content (AvgIpc) is 3.49. The Morgan fingerprint density at radius 1 is 0.506 bits per heavy atom. The lowest BCUT2D eigenvalue weighted by atomic mass is 9.99. The van der Waals surface area contributed by atoms with E-state index in [-0.39, 0.29) is 19.4 Å². The van der Waals surface area contributed by atoms with Crippen LogP contribution in [0.15, 0.2) is 85.1 Å². The summed E-state index contributed by atoms with van der Waals surface area (Å²) in [5, 5.41) is 57.0. The smallest absolute Gasteiger partial charge is 0.306 e. The van der Waals surface area contributed by atoms with Crippen LogP contribution in [0.4, 0.5) is 0 Å². The van der Waals surface area contributed by atoms with Gasteiger partial charge in [-0.3, -0.25) is 9.59 Å². The van der Waals surface area contributed by atoms with Crippen LogP contribution in [0.3, 0.4) is 0 Å². The SMILES string of the molecule is CC/C=C\C/C=C\C/C=C\C/C=C\C/C=C\CCCCC(O)C(=O)NC(COC1OC(CO)C(O)C(O)C1OC(=O)CCCCCCCCCCC/C=C/CCCCCCCC)C(O)/C=C/CCCCCCCCCCCCC. The van der Waals surface area contributed by atoms with Gasteiger partial charge in [0.15, 0.2) is 12.4 Å². The van der Waals surface area contributed by atoms with E-state index in [0.717, 1.165) is 83.5 Å². The van der Waals surface area contributed by atoms with Crippen LogP contribution in [0.1, 0.15) is 271 Å². The Morgan fingerprint density at radius 2 is 0.911 bits per heavy atom. The molecule has 1 rings (SSSR count). The number of carbonyl (C=O) groups is 2. The maximum absolute atomic E-state index is 13.4. The molecule has 0 bridgehead atoms. The van der Waals surface area contributed by atoms with Gasteiger partial charge in [0, 0.05) is 6.42 Å². The Bertz CT molecular complexity index is 1610. The Kier molecular flexibility index (Phi) is 51.8. The fourth-order valence-electron chi connectivity index (χ4n) is 9.67. The molecule has 1 heterocycles. The Hall–Kier alpha value is -3.16. The van der Waals surface area contributed by atoms with Gasteiger partial charge in [0.1, 0.15) is 24.4 Å². The molecule has 1 amide bonds. The molecule has 0 radical (unpaired) electrons. The number of allylic oxidation sites excluding steroid dienone is 13. The first-order valence-corrected chi connectivity index (χ1v) is 32.4. The largest absolute Gasteiger partial charge is 0.454 e. The number of aliphatic hydroxyl groups excluding tert-OH is 5. The first kappa shape index (κ1) is 73.9. The highest BCUT2D eigenvalue weighted by atomic mass is 16.7. The van der Waals surface area contributed by atoms with Crippen molar-refractivity contribution in [2.75, 3.05) is 13.2 Å². The van der Waals surface area contributed by atoms with Crippen molar-refractivity contribution in [2.45, 2.75) is 320 Å². The molecule has 0 aromatic heterocycles. The zero-order chi connectivity index (χ0) is 57.5. The summed E-state index contributed by atoms with van der Waals surface area (Å²) in [6.07, 6.45) is 61.9. The number of unbranched alkanes of at least 4 members (excludes halogenated alkanes) is 28. The van der Waals surface area contributed by atoms with E-state index in [4.69, 9.17) is 14.2 Å². The minimum Gasteiger partial charge on any atom is -0.454 e. The summed E-state index contributed by atoms with van der Waals surface area (Å²) in [4.78, 5) is 26.6. The van der Waals surface area contributed by atoms with Gasteiger partial charge in [-0.2, -0.15) is 0 Å². The molecule has 1 fully saturated rings. The van der Waals surface area contributed by atoms with Gasteiger partial charge in [-0.1, -0.05) is 254 Å². The van der Waals surface area contributed by atoms with E-state index in [1.807, 2.05) is 6.08 Å². The third-order valence-corrected chi connectivity index (χ3v) is 14.8. The van der Waals surface area contributed by atoms with E-state index in [9.17, 15) is 35.1 Å². The topological polar surface area (TPSA) is 175 Å². The predicted octanol–water partition coefficient (Wildman–Crippen LogP) is 15.7. The zero-order valence-corrected chi connectivity index (χ0v) is 50.5. The number of nitrogens with one attached hydrogen (secondary N) is 1. The van der Waals surface area contributed by atoms with Crippen molar-refractivity contribution < 1.29 is 49.3 Å². The summed E-state index contributed by atoms with van der Waals surface area (Å²) in [5.41, 5.74) is 0. The molecule has 0 aromatic carbocycles. The summed E-state index contributed by atoms with van der Waals surface area (Å²) in [6.45, 7) is 5.66. The third-order valence-electron chi connectivity index (χ3n) is 14.8. The number of esters is 1. The summed E-state index contributed by atoms with van der Waals surface area (Å²) in [6, 6.07) is -1.05. The van der Waals surface area contributed by atoms with Gasteiger partial charge < -0.3 is 45.1 Å². The van der Waals surface area contributed by atoms with E-state index in [1.165, 1.54) is 141 Å². The number of aliphatic hydroxyl groups is 5. The van der Waals surface area contributed by atoms with Crippen molar-refractivity contribution in [3.05, 3.63) is 85.1 Å². The molecule has 6 N–H and O–H groups in total. The van der Waals surface area contributed by atoms with Crippen LogP contribution in [0.2, 0.25) is 0 Å². The van der Waals surface area contributed by atoms with Gasteiger partial charge in [-0.05, 0) is 96.3 Å². The molecule has 0 spiro atoms. The minimum absolute atomic E-state index is 0.114. The van der Waals surface area contributed by atoms with Crippen LogP contribution >= 0.6 is 0 Å². The van der Waals surface area contributed by atoms with Gasteiger partial charge in [0.05, 0.1) is 25.4 Å². The molecule has 8 atom stereocenters. The summed E-state index contributed by atoms with van der Waals surface area (Å²) in [5.74, 6) is -1.23. The lowest BCUT2D eigenvalue weighted by Crippen LogP contribution is -2.61. The molecule has 0 aromatic rings. The van der Waals surface area contributed by atoms with E-state index < -0.39 is 67.4 Å². The van der Waals surface area contributed by atoms with Crippen LogP contribution in [-0.4, -0.2) is 99.6 Å². The normalized spacial score (nSPS) is 19.4. The molecule has 8 unspecified atom stereocenters. The average molecular weight is 1110 g/mol. The second-order valence-electron chi connectivity index (χ2n) is 22.1. The van der Waals surface area contributed by atoms with Crippen molar-refractivity contribution in [3.63, 3.8) is 0 Å². The van der Waals surface area contributed by atoms with Gasteiger partial charge >= 0.3 is 5.97 Å². The molecule has 456 valence electrons. The number of carbonyl (C=O) groups excluding carboxylic acids is 2. The first-order valence-electron chi connectivity index (χ1n) is 32.4. The second-order valence-corrected chi connectivity index (χ2v) is 22.1. The van der Waals surface area contributed by atoms with Crippen molar-refractivity contribution in [1.82, 2.24) is 5.32 Å². The van der Waals surface area contributed by atoms with Crippen LogP contribution in [0, 0.1) is 0 Å². The van der Waals surface area contributed by atoms with Crippen LogP contribution < -0.4 is 5.32 Å². The second kappa shape index (κ2) is 55.4. The lowest BCUT2D eigenvalue weighted by Gasteiger charge is -2.41. The van der Waals surface area contributed by atoms with Crippen LogP contribution in [-0.2, 0) is 23.8 Å². The van der Waals surface area contributed by atoms with E-state index in [1.54, 1.807) is 6.08 Å². The molecule has 1 aliphatic heterocycles. The number of ether oxygens (including phenoxy) is 3. The molecule has 11 heteroatoms. The Balaban J connectivity index is 2.70. The number of hydrogen-bond acceptors (Lipinski definition) is 10. The monoisotopic (exact) mass is 1110 g/mol. The highest BCUT2D eigenvalue weighted by Crippen LogP contribution is 2.26. The first-order chi connectivity index (χ1) is 38.7. The lowest BCUT2D eigenvalue weighted by molar-refractivity contribution is -0.305. The third kappa shape index (κ3) is 43.2. The highest BCUT2D eigenvalue weighted by Gasteiger charge is 2.47. The predicted molar refractivity (Wildman–Crippen MR) is 329 cm³/mol. The fourth-order valence-corrected chi connectivity index (χ4v) is 9.67. The molecule has 79 heavy (non-hydrogen) atoms. The minimum atomic E-state index is -1.62. The van der Waals surface area contributed by atoms with Crippen molar-refractivity contribution in [2.24, 2.45) is 0 Å². The molecule has 0 saturated carbocycles. The maximum atomic E-state index is 13.4. The molecule has 11 nitrogen and oxygen atoms in total.